The van der Waals surface area contributed by atoms with Gasteiger partial charge in [0, 0.05) is 6.07 Å². The van der Waals surface area contributed by atoms with Gasteiger partial charge in [-0.25, -0.2) is 4.98 Å². The van der Waals surface area contributed by atoms with Crippen molar-refractivity contribution in [1.82, 2.24) is 4.98 Å². The molecule has 1 aromatic heterocycles. The minimum Gasteiger partial charge on any atom is -0.486 e. The molecule has 3 rings (SSSR count). The number of hydrogen-bond acceptors (Lipinski definition) is 6. The average Bonchev–Trinajstić information content (AvgIpc) is 2.68. The Morgan fingerprint density at radius 2 is 2.14 bits per heavy atom. The van der Waals surface area contributed by atoms with Crippen LogP contribution in [0, 0.1) is 17.0 Å². The highest BCUT2D eigenvalue weighted by atomic mass is 79.9. The second kappa shape index (κ2) is 9.49. The number of ether oxygens (including phenoxy) is 1. The summed E-state index contributed by atoms with van der Waals surface area (Å²) >= 11 is 9.84. The van der Waals surface area contributed by atoms with Crippen molar-refractivity contribution in [2.24, 2.45) is 5.10 Å². The Balaban J connectivity index is 1.65. The monoisotopic (exact) mass is 474 g/mol. The summed E-state index contributed by atoms with van der Waals surface area (Å²) in [6.07, 6.45) is 2.72. The molecule has 0 bridgehead atoms. The molecular weight excluding hydrogens is 460 g/mol. The Hall–Kier alpha value is -2.97. The van der Waals surface area contributed by atoms with Gasteiger partial charge in [-0.3, -0.25) is 15.5 Å². The maximum Gasteiger partial charge on any atom is 0.287 e. The van der Waals surface area contributed by atoms with Crippen molar-refractivity contribution in [2.75, 3.05) is 5.43 Å². The molecule has 1 heterocycles. The van der Waals surface area contributed by atoms with Gasteiger partial charge in [0.25, 0.3) is 5.69 Å². The van der Waals surface area contributed by atoms with Crippen LogP contribution >= 0.6 is 27.5 Å². The first-order valence-corrected chi connectivity index (χ1v) is 9.66. The van der Waals surface area contributed by atoms with E-state index in [-0.39, 0.29) is 5.69 Å². The molecule has 0 aliphatic carbocycles. The van der Waals surface area contributed by atoms with E-state index in [2.05, 4.69) is 37.5 Å². The summed E-state index contributed by atoms with van der Waals surface area (Å²) in [5.41, 5.74) is 5.58. The Bertz CT molecular complexity index is 1030. The largest absolute Gasteiger partial charge is 0.486 e. The van der Waals surface area contributed by atoms with E-state index < -0.39 is 4.92 Å². The van der Waals surface area contributed by atoms with E-state index in [9.17, 15) is 10.1 Å². The highest BCUT2D eigenvalue weighted by Gasteiger charge is 2.10. The van der Waals surface area contributed by atoms with Crippen LogP contribution in [0.15, 0.2) is 64.3 Å². The lowest BCUT2D eigenvalue weighted by Gasteiger charge is -2.11. The van der Waals surface area contributed by atoms with Gasteiger partial charge in [-0.1, -0.05) is 41.4 Å². The second-order valence-corrected chi connectivity index (χ2v) is 7.38. The van der Waals surface area contributed by atoms with Crippen molar-refractivity contribution < 1.29 is 9.66 Å². The predicted molar refractivity (Wildman–Crippen MR) is 117 cm³/mol. The molecule has 0 aliphatic heterocycles. The zero-order chi connectivity index (χ0) is 20.8. The van der Waals surface area contributed by atoms with Gasteiger partial charge in [-0.15, -0.1) is 0 Å². The number of hydrogen-bond donors (Lipinski definition) is 1. The normalized spacial score (nSPS) is 10.9. The number of nitrogens with zero attached hydrogens (tertiary/aromatic N) is 3. The van der Waals surface area contributed by atoms with Crippen molar-refractivity contribution in [3.63, 3.8) is 0 Å². The third-order valence-corrected chi connectivity index (χ3v) is 4.71. The Labute approximate surface area is 180 Å². The van der Waals surface area contributed by atoms with Crippen LogP contribution in [0.4, 0.5) is 11.5 Å². The van der Waals surface area contributed by atoms with E-state index >= 15 is 0 Å². The third-order valence-electron chi connectivity index (χ3n) is 3.84. The molecule has 0 spiro atoms. The molecule has 2 aromatic carbocycles. The molecule has 0 aliphatic rings. The zero-order valence-electron chi connectivity index (χ0n) is 15.3. The van der Waals surface area contributed by atoms with Crippen molar-refractivity contribution in [3.05, 3.63) is 91.0 Å². The van der Waals surface area contributed by atoms with E-state index in [0.717, 1.165) is 22.9 Å². The fourth-order valence-corrected chi connectivity index (χ4v) is 3.47. The van der Waals surface area contributed by atoms with Crippen LogP contribution < -0.4 is 10.2 Å². The lowest BCUT2D eigenvalue weighted by molar-refractivity contribution is -0.385. The van der Waals surface area contributed by atoms with Crippen molar-refractivity contribution in [3.8, 4) is 5.75 Å². The summed E-state index contributed by atoms with van der Waals surface area (Å²) in [5, 5.41) is 15.2. The zero-order valence-corrected chi connectivity index (χ0v) is 17.6. The Kier molecular flexibility index (Phi) is 6.79. The van der Waals surface area contributed by atoms with Crippen LogP contribution in [-0.2, 0) is 6.61 Å². The molecule has 7 nitrogen and oxygen atoms in total. The van der Waals surface area contributed by atoms with E-state index in [1.165, 1.54) is 12.1 Å². The number of anilines is 1. The Morgan fingerprint density at radius 3 is 2.79 bits per heavy atom. The van der Waals surface area contributed by atoms with Crippen molar-refractivity contribution >= 4 is 45.3 Å². The van der Waals surface area contributed by atoms with Crippen LogP contribution in [0.2, 0.25) is 5.02 Å². The number of rotatable bonds is 7. The molecule has 0 saturated heterocycles. The van der Waals surface area contributed by atoms with Gasteiger partial charge in [0.05, 0.1) is 20.6 Å². The van der Waals surface area contributed by atoms with E-state index in [1.807, 2.05) is 31.2 Å². The predicted octanol–water partition coefficient (Wildman–Crippen LogP) is 5.74. The third kappa shape index (κ3) is 5.75. The standard InChI is InChI=1S/C20H16BrClN4O3/c1-13-3-2-4-14(7-13)12-29-20-17(21)8-15(9-18(20)22)10-24-25-19-6-5-16(11-23-19)26(27)28/h2-11H,12H2,1H3,(H,23,25)/b24-10-. The second-order valence-electron chi connectivity index (χ2n) is 6.12. The fraction of sp³-hybridized carbons (Fsp3) is 0.100. The number of halogens is 2. The van der Waals surface area contributed by atoms with Gasteiger partial charge >= 0.3 is 0 Å². The summed E-state index contributed by atoms with van der Waals surface area (Å²) in [7, 11) is 0. The quantitative estimate of drug-likeness (QED) is 0.267. The van der Waals surface area contributed by atoms with Crippen LogP contribution in [0.25, 0.3) is 0 Å². The molecule has 0 unspecified atom stereocenters. The summed E-state index contributed by atoms with van der Waals surface area (Å²) < 4.78 is 6.57. The maximum atomic E-state index is 10.6. The smallest absolute Gasteiger partial charge is 0.287 e. The van der Waals surface area contributed by atoms with E-state index in [4.69, 9.17) is 16.3 Å². The van der Waals surface area contributed by atoms with Gasteiger partial charge in [0.2, 0.25) is 0 Å². The maximum absolute atomic E-state index is 10.6. The lowest BCUT2D eigenvalue weighted by Crippen LogP contribution is -1.98. The minimum atomic E-state index is -0.512. The highest BCUT2D eigenvalue weighted by molar-refractivity contribution is 9.10. The van der Waals surface area contributed by atoms with Crippen LogP contribution in [0.1, 0.15) is 16.7 Å². The first-order chi connectivity index (χ1) is 13.9. The van der Waals surface area contributed by atoms with Gasteiger partial charge in [-0.05, 0) is 52.2 Å². The van der Waals surface area contributed by atoms with Crippen LogP contribution in [0.5, 0.6) is 5.75 Å². The molecule has 1 N–H and O–H groups in total. The molecule has 0 radical (unpaired) electrons. The summed E-state index contributed by atoms with van der Waals surface area (Å²) in [5.74, 6) is 0.936. The van der Waals surface area contributed by atoms with Gasteiger partial charge in [-0.2, -0.15) is 5.10 Å². The number of benzene rings is 2. The SMILES string of the molecule is Cc1cccc(COc2c(Cl)cc(/C=N\Nc3ccc([N+](=O)[O-])cn3)cc2Br)c1. The minimum absolute atomic E-state index is 0.0866. The number of nitrogens with one attached hydrogen (secondary N) is 1. The average molecular weight is 476 g/mol. The highest BCUT2D eigenvalue weighted by Crippen LogP contribution is 2.34. The summed E-state index contributed by atoms with van der Waals surface area (Å²) in [4.78, 5) is 14.0. The van der Waals surface area contributed by atoms with Crippen molar-refractivity contribution in [1.29, 1.82) is 0 Å². The van der Waals surface area contributed by atoms with Gasteiger partial charge in [0.1, 0.15) is 18.6 Å². The fourth-order valence-electron chi connectivity index (χ4n) is 2.48. The molecule has 0 amide bonds. The molecule has 3 aromatic rings. The van der Waals surface area contributed by atoms with Crippen LogP contribution in [0.3, 0.4) is 0 Å². The Morgan fingerprint density at radius 1 is 1.31 bits per heavy atom. The van der Waals surface area contributed by atoms with Crippen molar-refractivity contribution in [2.45, 2.75) is 13.5 Å². The molecule has 9 heteroatoms. The number of nitro groups is 1. The topological polar surface area (TPSA) is 89.6 Å². The molecule has 148 valence electrons. The van der Waals surface area contributed by atoms with E-state index in [1.54, 1.807) is 12.3 Å². The molecule has 29 heavy (non-hydrogen) atoms. The van der Waals surface area contributed by atoms with Crippen LogP contribution in [-0.4, -0.2) is 16.1 Å². The van der Waals surface area contributed by atoms with Gasteiger partial charge in [0.15, 0.2) is 5.75 Å². The number of pyridine rings is 1. The number of hydrazone groups is 1. The molecule has 0 saturated carbocycles. The number of aryl methyl sites for hydroxylation is 1. The molecular formula is C20H16BrClN4O3. The van der Waals surface area contributed by atoms with Gasteiger partial charge < -0.3 is 4.74 Å². The summed E-state index contributed by atoms with van der Waals surface area (Å²) in [6.45, 7) is 2.43. The molecule has 0 fully saturated rings. The molecule has 0 atom stereocenters. The first kappa shape index (κ1) is 20.8. The number of aromatic nitrogens is 1. The first-order valence-electron chi connectivity index (χ1n) is 8.49. The van der Waals surface area contributed by atoms with E-state index in [0.29, 0.717) is 27.7 Å². The summed E-state index contributed by atoms with van der Waals surface area (Å²) in [6, 6.07) is 14.4. The lowest BCUT2D eigenvalue weighted by atomic mass is 10.1.